The maximum Gasteiger partial charge on any atom is 0.266 e. The van der Waals surface area contributed by atoms with Crippen LogP contribution < -0.4 is 15.6 Å². The van der Waals surface area contributed by atoms with Gasteiger partial charge in [-0.15, -0.1) is 11.3 Å². The van der Waals surface area contributed by atoms with Crippen LogP contribution in [0.3, 0.4) is 0 Å². The first kappa shape index (κ1) is 18.4. The van der Waals surface area contributed by atoms with E-state index in [1.165, 1.54) is 10.7 Å². The number of carbonyl (C=O) groups excluding carboxylic acids is 1. The minimum Gasteiger partial charge on any atom is -0.497 e. The summed E-state index contributed by atoms with van der Waals surface area (Å²) in [6, 6.07) is 14.8. The molecule has 0 saturated heterocycles. The Labute approximate surface area is 166 Å². The van der Waals surface area contributed by atoms with Crippen LogP contribution in [0.2, 0.25) is 0 Å². The monoisotopic (exact) mass is 395 g/mol. The number of carbonyl (C=O) groups is 1. The predicted molar refractivity (Wildman–Crippen MR) is 109 cm³/mol. The van der Waals surface area contributed by atoms with E-state index in [2.05, 4.69) is 10.4 Å². The third-order valence-corrected chi connectivity index (χ3v) is 5.97. The summed E-state index contributed by atoms with van der Waals surface area (Å²) in [7, 11) is 1.62. The molecular formula is C21H21N3O3S. The van der Waals surface area contributed by atoms with Gasteiger partial charge in [0.05, 0.1) is 23.9 Å². The zero-order chi connectivity index (χ0) is 19.6. The van der Waals surface area contributed by atoms with Crippen molar-refractivity contribution in [2.45, 2.75) is 24.8 Å². The van der Waals surface area contributed by atoms with Gasteiger partial charge in [-0.2, -0.15) is 5.10 Å². The zero-order valence-corrected chi connectivity index (χ0v) is 16.4. The van der Waals surface area contributed by atoms with Crippen LogP contribution in [-0.2, 0) is 16.8 Å². The van der Waals surface area contributed by atoms with E-state index >= 15 is 0 Å². The molecule has 3 aromatic rings. The average Bonchev–Trinajstić information content (AvgIpc) is 3.36. The van der Waals surface area contributed by atoms with E-state index in [-0.39, 0.29) is 11.5 Å². The number of nitrogens with one attached hydrogen (secondary N) is 1. The Balaban J connectivity index is 1.40. The summed E-state index contributed by atoms with van der Waals surface area (Å²) < 4.78 is 6.59. The number of hydrogen-bond acceptors (Lipinski definition) is 5. The highest BCUT2D eigenvalue weighted by Gasteiger charge is 2.51. The van der Waals surface area contributed by atoms with Crippen LogP contribution in [0.15, 0.2) is 58.7 Å². The van der Waals surface area contributed by atoms with Gasteiger partial charge in [-0.25, -0.2) is 4.68 Å². The fraction of sp³-hybridized carbons (Fsp3) is 0.286. The molecule has 6 nitrogen and oxygen atoms in total. The van der Waals surface area contributed by atoms with Crippen molar-refractivity contribution in [2.75, 3.05) is 13.7 Å². The predicted octanol–water partition coefficient (Wildman–Crippen LogP) is 2.83. The summed E-state index contributed by atoms with van der Waals surface area (Å²) >= 11 is 1.57. The molecule has 7 heteroatoms. The number of benzene rings is 1. The molecule has 2 heterocycles. The van der Waals surface area contributed by atoms with E-state index in [0.29, 0.717) is 13.1 Å². The quantitative estimate of drug-likeness (QED) is 0.668. The number of hydrogen-bond donors (Lipinski definition) is 1. The Morgan fingerprint density at radius 1 is 1.21 bits per heavy atom. The molecule has 1 aliphatic carbocycles. The zero-order valence-electron chi connectivity index (χ0n) is 15.6. The second kappa shape index (κ2) is 7.59. The number of nitrogens with zero attached hydrogens (tertiary/aromatic N) is 2. The highest BCUT2D eigenvalue weighted by molar-refractivity contribution is 7.13. The van der Waals surface area contributed by atoms with Crippen molar-refractivity contribution in [2.24, 2.45) is 0 Å². The SMILES string of the molecule is COc1ccc(C2(C(=O)NCCn3nc(-c4cccs4)ccc3=O)CC2)cc1. The molecule has 4 rings (SSSR count). The van der Waals surface area contributed by atoms with Crippen LogP contribution in [0.25, 0.3) is 10.6 Å². The van der Waals surface area contributed by atoms with Crippen molar-refractivity contribution in [3.8, 4) is 16.3 Å². The summed E-state index contributed by atoms with van der Waals surface area (Å²) in [4.78, 5) is 25.9. The number of rotatable bonds is 7. The first-order valence-electron chi connectivity index (χ1n) is 9.17. The van der Waals surface area contributed by atoms with Crippen LogP contribution >= 0.6 is 11.3 Å². The Kier molecular flexibility index (Phi) is 5.00. The number of thiophene rings is 1. The van der Waals surface area contributed by atoms with E-state index < -0.39 is 5.41 Å². The molecule has 0 spiro atoms. The van der Waals surface area contributed by atoms with Gasteiger partial charge in [0.1, 0.15) is 11.4 Å². The topological polar surface area (TPSA) is 73.2 Å². The Morgan fingerprint density at radius 2 is 2.00 bits per heavy atom. The van der Waals surface area contributed by atoms with Gasteiger partial charge >= 0.3 is 0 Å². The summed E-state index contributed by atoms with van der Waals surface area (Å²) in [5.41, 5.74) is 1.13. The fourth-order valence-electron chi connectivity index (χ4n) is 3.29. The van der Waals surface area contributed by atoms with Crippen LogP contribution in [0.5, 0.6) is 5.75 Å². The number of amides is 1. The van der Waals surface area contributed by atoms with Gasteiger partial charge in [-0.1, -0.05) is 18.2 Å². The number of ether oxygens (including phenoxy) is 1. The van der Waals surface area contributed by atoms with Gasteiger partial charge in [0.15, 0.2) is 0 Å². The first-order chi connectivity index (χ1) is 13.6. The standard InChI is InChI=1S/C21H21N3O3S/c1-27-16-6-4-15(5-7-16)21(10-11-21)20(26)22-12-13-24-19(25)9-8-17(23-24)18-3-2-14-28-18/h2-9,14H,10-13H2,1H3,(H,22,26). The Morgan fingerprint density at radius 3 is 2.64 bits per heavy atom. The average molecular weight is 395 g/mol. The lowest BCUT2D eigenvalue weighted by Gasteiger charge is -2.16. The van der Waals surface area contributed by atoms with Crippen LogP contribution in [0.1, 0.15) is 18.4 Å². The molecular weight excluding hydrogens is 374 g/mol. The molecule has 28 heavy (non-hydrogen) atoms. The van der Waals surface area contributed by atoms with Gasteiger partial charge in [0.25, 0.3) is 5.56 Å². The van der Waals surface area contributed by atoms with Crippen molar-refractivity contribution < 1.29 is 9.53 Å². The molecule has 1 aliphatic rings. The molecule has 2 aromatic heterocycles. The highest BCUT2D eigenvalue weighted by atomic mass is 32.1. The molecule has 0 radical (unpaired) electrons. The third kappa shape index (κ3) is 3.57. The molecule has 1 saturated carbocycles. The normalized spacial score (nSPS) is 14.5. The van der Waals surface area contributed by atoms with Gasteiger partial charge in [-0.05, 0) is 48.1 Å². The molecule has 0 aliphatic heterocycles. The minimum atomic E-state index is -0.455. The van der Waals surface area contributed by atoms with Crippen molar-refractivity contribution in [1.29, 1.82) is 0 Å². The Bertz CT molecular complexity index is 1020. The van der Waals surface area contributed by atoms with Gasteiger partial charge in [0.2, 0.25) is 5.91 Å². The van der Waals surface area contributed by atoms with Crippen LogP contribution in [0, 0.1) is 0 Å². The smallest absolute Gasteiger partial charge is 0.266 e. The fourth-order valence-corrected chi connectivity index (χ4v) is 3.98. The molecule has 0 unspecified atom stereocenters. The maximum absolute atomic E-state index is 12.8. The van der Waals surface area contributed by atoms with Crippen molar-refractivity contribution in [3.05, 3.63) is 69.8 Å². The van der Waals surface area contributed by atoms with E-state index in [1.807, 2.05) is 41.8 Å². The van der Waals surface area contributed by atoms with E-state index in [9.17, 15) is 9.59 Å². The van der Waals surface area contributed by atoms with Crippen LogP contribution in [-0.4, -0.2) is 29.3 Å². The second-order valence-electron chi connectivity index (χ2n) is 6.82. The molecule has 0 atom stereocenters. The van der Waals surface area contributed by atoms with Gasteiger partial charge < -0.3 is 10.1 Å². The number of aromatic nitrogens is 2. The maximum atomic E-state index is 12.8. The molecule has 1 fully saturated rings. The van der Waals surface area contributed by atoms with E-state index in [1.54, 1.807) is 24.5 Å². The third-order valence-electron chi connectivity index (χ3n) is 5.08. The largest absolute Gasteiger partial charge is 0.497 e. The van der Waals surface area contributed by atoms with Crippen LogP contribution in [0.4, 0.5) is 0 Å². The highest BCUT2D eigenvalue weighted by Crippen LogP contribution is 2.48. The van der Waals surface area contributed by atoms with Crippen molar-refractivity contribution in [1.82, 2.24) is 15.1 Å². The van der Waals surface area contributed by atoms with Gasteiger partial charge in [-0.3, -0.25) is 9.59 Å². The molecule has 0 bridgehead atoms. The lowest BCUT2D eigenvalue weighted by atomic mass is 9.95. The van der Waals surface area contributed by atoms with Crippen molar-refractivity contribution >= 4 is 17.2 Å². The lowest BCUT2D eigenvalue weighted by Crippen LogP contribution is -2.38. The molecule has 1 N–H and O–H groups in total. The molecule has 1 amide bonds. The summed E-state index contributed by atoms with van der Waals surface area (Å²) in [5, 5.41) is 9.36. The minimum absolute atomic E-state index is 0.000118. The van der Waals surface area contributed by atoms with E-state index in [4.69, 9.17) is 4.74 Å². The lowest BCUT2D eigenvalue weighted by molar-refractivity contribution is -0.123. The van der Waals surface area contributed by atoms with E-state index in [0.717, 1.165) is 34.7 Å². The van der Waals surface area contributed by atoms with Gasteiger partial charge in [0, 0.05) is 12.6 Å². The summed E-state index contributed by atoms with van der Waals surface area (Å²) in [6.07, 6.45) is 1.66. The first-order valence-corrected chi connectivity index (χ1v) is 10.1. The molecule has 144 valence electrons. The summed E-state index contributed by atoms with van der Waals surface area (Å²) in [6.45, 7) is 0.694. The summed E-state index contributed by atoms with van der Waals surface area (Å²) in [5.74, 6) is 0.774. The molecule has 1 aromatic carbocycles. The van der Waals surface area contributed by atoms with Crippen molar-refractivity contribution in [3.63, 3.8) is 0 Å². The second-order valence-corrected chi connectivity index (χ2v) is 7.77. The number of methoxy groups -OCH3 is 1. The Hall–Kier alpha value is -2.93.